The van der Waals surface area contributed by atoms with Gasteiger partial charge in [-0.05, 0) is 79.8 Å². The van der Waals surface area contributed by atoms with E-state index in [0.717, 1.165) is 38.2 Å². The lowest BCUT2D eigenvalue weighted by Gasteiger charge is -2.23. The summed E-state index contributed by atoms with van der Waals surface area (Å²) < 4.78 is 33.5. The molecular weight excluding hydrogens is 704 g/mol. The molecule has 55 heavy (non-hydrogen) atoms. The standard InChI is InChI=1S/C43H64N2O10/c1-10-38(46)52-29-36(27-51-35-23-20-33(21-24-35)43(7,8)9)54-40(48)44-25-15-11-12-16-26-45-41(49)55-37(30-53-39(47)31(2)3)28-50-34-18-14-13-17-32(19-22-34)42(4,5)6/h10,14,18-24,36-37,40,44,48H,1-2,11-13,15-17,25-30H2,3-9H3,(H,45,49)/b18-14-,32-19+,34-22+. The highest BCUT2D eigenvalue weighted by atomic mass is 16.7. The number of unbranched alkanes of at least 4 members (excludes halogenated alkanes) is 3. The molecule has 0 aromatic heterocycles. The van der Waals surface area contributed by atoms with Gasteiger partial charge in [0.25, 0.3) is 0 Å². The van der Waals surface area contributed by atoms with Crippen LogP contribution in [-0.2, 0) is 38.7 Å². The zero-order chi connectivity index (χ0) is 40.9. The van der Waals surface area contributed by atoms with Gasteiger partial charge in [0.1, 0.15) is 44.0 Å². The summed E-state index contributed by atoms with van der Waals surface area (Å²) in [6, 6.07) is 7.73. The quantitative estimate of drug-likeness (QED) is 0.0337. The van der Waals surface area contributed by atoms with Crippen molar-refractivity contribution >= 4 is 18.0 Å². The summed E-state index contributed by atoms with van der Waals surface area (Å²) in [5.74, 6) is 0.0693. The van der Waals surface area contributed by atoms with E-state index in [9.17, 15) is 19.5 Å². The molecule has 306 valence electrons. The van der Waals surface area contributed by atoms with Gasteiger partial charge in [-0.25, -0.2) is 14.4 Å². The van der Waals surface area contributed by atoms with E-state index in [1.54, 1.807) is 6.92 Å². The molecule has 12 nitrogen and oxygen atoms in total. The molecule has 3 atom stereocenters. The third-order valence-electron chi connectivity index (χ3n) is 8.48. The van der Waals surface area contributed by atoms with Crippen LogP contribution in [0.2, 0.25) is 0 Å². The van der Waals surface area contributed by atoms with Crippen LogP contribution < -0.4 is 15.4 Å². The molecule has 0 heterocycles. The number of amides is 1. The van der Waals surface area contributed by atoms with Crippen LogP contribution in [0.15, 0.2) is 84.7 Å². The largest absolute Gasteiger partial charge is 0.491 e. The van der Waals surface area contributed by atoms with E-state index < -0.39 is 36.7 Å². The van der Waals surface area contributed by atoms with Crippen molar-refractivity contribution in [3.05, 3.63) is 90.3 Å². The first-order chi connectivity index (χ1) is 26.0. The Morgan fingerprint density at radius 3 is 2.15 bits per heavy atom. The molecule has 0 bridgehead atoms. The second kappa shape index (κ2) is 24.2. The average Bonchev–Trinajstić information content (AvgIpc) is 3.11. The van der Waals surface area contributed by atoms with E-state index in [1.807, 2.05) is 42.5 Å². The lowest BCUT2D eigenvalue weighted by Crippen LogP contribution is -2.40. The number of hydrogen-bond donors (Lipinski definition) is 3. The number of benzene rings is 1. The highest BCUT2D eigenvalue weighted by molar-refractivity contribution is 5.86. The monoisotopic (exact) mass is 768 g/mol. The lowest BCUT2D eigenvalue weighted by atomic mass is 9.83. The molecule has 12 heteroatoms. The van der Waals surface area contributed by atoms with E-state index in [1.165, 1.54) is 11.1 Å². The normalized spacial score (nSPS) is 17.3. The van der Waals surface area contributed by atoms with Gasteiger partial charge in [0.15, 0.2) is 6.10 Å². The van der Waals surface area contributed by atoms with Crippen LogP contribution in [0.4, 0.5) is 4.79 Å². The zero-order valence-electron chi connectivity index (χ0n) is 33.9. The molecule has 1 aliphatic rings. The number of aliphatic hydroxyl groups is 1. The van der Waals surface area contributed by atoms with Crippen molar-refractivity contribution in [3.8, 4) is 5.75 Å². The van der Waals surface area contributed by atoms with Crippen LogP contribution in [0, 0.1) is 5.41 Å². The number of alkyl carbamates (subject to hydrolysis) is 1. The fourth-order valence-corrected chi connectivity index (χ4v) is 5.12. The summed E-state index contributed by atoms with van der Waals surface area (Å²) in [6.07, 6.45) is 10.4. The molecule has 1 amide bonds. The number of esters is 2. The van der Waals surface area contributed by atoms with E-state index in [4.69, 9.17) is 28.4 Å². The molecule has 0 fully saturated rings. The Hall–Kier alpha value is -4.39. The number of ether oxygens (including phenoxy) is 6. The highest BCUT2D eigenvalue weighted by Crippen LogP contribution is 2.30. The highest BCUT2D eigenvalue weighted by Gasteiger charge is 2.21. The first-order valence-corrected chi connectivity index (χ1v) is 19.0. The molecule has 0 spiro atoms. The van der Waals surface area contributed by atoms with Crippen LogP contribution in [0.25, 0.3) is 0 Å². The molecule has 1 aliphatic carbocycles. The smallest absolute Gasteiger partial charge is 0.407 e. The van der Waals surface area contributed by atoms with Gasteiger partial charge in [0.05, 0.1) is 0 Å². The fraction of sp³-hybridized carbons (Fsp3) is 0.558. The molecule has 0 saturated heterocycles. The minimum atomic E-state index is -1.31. The summed E-state index contributed by atoms with van der Waals surface area (Å²) in [6.45, 7) is 22.0. The maximum Gasteiger partial charge on any atom is 0.407 e. The summed E-state index contributed by atoms with van der Waals surface area (Å²) in [5.41, 5.74) is 2.76. The van der Waals surface area contributed by atoms with Crippen LogP contribution in [0.1, 0.15) is 92.6 Å². The number of hydrogen-bond acceptors (Lipinski definition) is 11. The van der Waals surface area contributed by atoms with Gasteiger partial charge in [0, 0.05) is 18.2 Å². The van der Waals surface area contributed by atoms with Crippen molar-refractivity contribution in [1.29, 1.82) is 0 Å². The third-order valence-corrected chi connectivity index (χ3v) is 8.48. The number of aliphatic hydroxyl groups excluding tert-OH is 1. The Balaban J connectivity index is 1.75. The summed E-state index contributed by atoms with van der Waals surface area (Å²) in [5, 5.41) is 16.1. The number of nitrogens with one attached hydrogen (secondary N) is 2. The molecule has 0 saturated carbocycles. The molecule has 1 aromatic carbocycles. The van der Waals surface area contributed by atoms with Crippen molar-refractivity contribution in [2.75, 3.05) is 39.5 Å². The van der Waals surface area contributed by atoms with E-state index in [-0.39, 0.29) is 42.8 Å². The molecule has 0 radical (unpaired) electrons. The van der Waals surface area contributed by atoms with E-state index in [2.05, 4.69) is 71.4 Å². The first kappa shape index (κ1) is 46.8. The topological polar surface area (TPSA) is 151 Å². The minimum absolute atomic E-state index is 0.00643. The summed E-state index contributed by atoms with van der Waals surface area (Å²) in [4.78, 5) is 36.3. The molecular formula is C43H64N2O10. The Labute approximate surface area is 328 Å². The second-order valence-electron chi connectivity index (χ2n) is 15.5. The SMILES string of the molecule is C=CC(=O)OCC(COc1ccc(C(C)(C)C)cc1)OC(O)NCCCCCCNC(=O)OC(COC(=O)C(=C)C)COC1=C/C=C(/C(C)(C)C)CC/C=C\1. The van der Waals surface area contributed by atoms with Crippen molar-refractivity contribution in [2.24, 2.45) is 5.41 Å². The van der Waals surface area contributed by atoms with Gasteiger partial charge >= 0.3 is 18.0 Å². The van der Waals surface area contributed by atoms with Crippen molar-refractivity contribution in [1.82, 2.24) is 10.6 Å². The number of carbonyl (C=O) groups excluding carboxylic acids is 3. The predicted molar refractivity (Wildman–Crippen MR) is 213 cm³/mol. The molecule has 3 N–H and O–H groups in total. The van der Waals surface area contributed by atoms with E-state index >= 15 is 0 Å². The van der Waals surface area contributed by atoms with Crippen molar-refractivity contribution < 1.29 is 47.9 Å². The number of rotatable bonds is 23. The fourth-order valence-electron chi connectivity index (χ4n) is 5.12. The van der Waals surface area contributed by atoms with Crippen LogP contribution >= 0.6 is 0 Å². The van der Waals surface area contributed by atoms with Gasteiger partial charge < -0.3 is 38.8 Å². The molecule has 3 unspecified atom stereocenters. The maximum atomic E-state index is 12.6. The minimum Gasteiger partial charge on any atom is -0.491 e. The van der Waals surface area contributed by atoms with Gasteiger partial charge in [-0.2, -0.15) is 0 Å². The number of allylic oxidation sites excluding steroid dienone is 5. The Kier molecular flexibility index (Phi) is 20.6. The third kappa shape index (κ3) is 20.2. The van der Waals surface area contributed by atoms with Crippen LogP contribution in [-0.4, -0.2) is 81.3 Å². The Morgan fingerprint density at radius 2 is 1.51 bits per heavy atom. The Bertz CT molecular complexity index is 1470. The molecule has 1 aromatic rings. The second-order valence-corrected chi connectivity index (χ2v) is 15.5. The average molecular weight is 769 g/mol. The summed E-state index contributed by atoms with van der Waals surface area (Å²) >= 11 is 0. The zero-order valence-corrected chi connectivity index (χ0v) is 33.9. The predicted octanol–water partition coefficient (Wildman–Crippen LogP) is 7.34. The van der Waals surface area contributed by atoms with Crippen LogP contribution in [0.3, 0.4) is 0 Å². The number of carbonyl (C=O) groups is 3. The molecule has 0 aliphatic heterocycles. The van der Waals surface area contributed by atoms with Crippen LogP contribution in [0.5, 0.6) is 5.75 Å². The van der Waals surface area contributed by atoms with Crippen molar-refractivity contribution in [2.45, 2.75) is 111 Å². The Morgan fingerprint density at radius 1 is 0.855 bits per heavy atom. The molecule has 2 rings (SSSR count). The van der Waals surface area contributed by atoms with Gasteiger partial charge in [-0.3, -0.25) is 5.32 Å². The summed E-state index contributed by atoms with van der Waals surface area (Å²) in [7, 11) is 0. The lowest BCUT2D eigenvalue weighted by molar-refractivity contribution is -0.179. The maximum absolute atomic E-state index is 12.6. The van der Waals surface area contributed by atoms with Crippen molar-refractivity contribution in [3.63, 3.8) is 0 Å². The first-order valence-electron chi connectivity index (χ1n) is 19.0. The van der Waals surface area contributed by atoms with Gasteiger partial charge in [-0.15, -0.1) is 0 Å². The van der Waals surface area contributed by atoms with E-state index in [0.29, 0.717) is 31.0 Å². The van der Waals surface area contributed by atoms with Gasteiger partial charge in [-0.1, -0.05) is 97.4 Å². The van der Waals surface area contributed by atoms with Gasteiger partial charge in [0.2, 0.25) is 6.41 Å².